The van der Waals surface area contributed by atoms with Crippen LogP contribution in [-0.2, 0) is 13.6 Å². The Hall–Kier alpha value is -1.84. The summed E-state index contributed by atoms with van der Waals surface area (Å²) >= 11 is 0. The Morgan fingerprint density at radius 3 is 2.93 bits per heavy atom. The van der Waals surface area contributed by atoms with Crippen LogP contribution in [-0.4, -0.2) is 14.8 Å². The third-order valence-corrected chi connectivity index (χ3v) is 2.27. The van der Waals surface area contributed by atoms with Gasteiger partial charge in [-0.25, -0.2) is 4.98 Å². The second-order valence-corrected chi connectivity index (χ2v) is 3.52. The Morgan fingerprint density at radius 2 is 2.27 bits per heavy atom. The first-order valence-electron chi connectivity index (χ1n) is 4.89. The number of aryl methyl sites for hydroxylation is 2. The molecule has 1 N–H and O–H groups in total. The van der Waals surface area contributed by atoms with E-state index in [0.717, 1.165) is 11.5 Å². The normalized spacial score (nSPS) is 10.3. The minimum Gasteiger partial charge on any atom is -0.378 e. The van der Waals surface area contributed by atoms with Crippen LogP contribution < -0.4 is 5.32 Å². The molecule has 0 spiro atoms. The van der Waals surface area contributed by atoms with Crippen molar-refractivity contribution >= 4 is 5.69 Å². The molecule has 0 aliphatic rings. The highest BCUT2D eigenvalue weighted by Crippen LogP contribution is 2.10. The van der Waals surface area contributed by atoms with Crippen LogP contribution in [0, 0.1) is 6.92 Å². The number of anilines is 1. The van der Waals surface area contributed by atoms with Crippen molar-refractivity contribution in [2.24, 2.45) is 7.05 Å². The summed E-state index contributed by atoms with van der Waals surface area (Å²) in [7, 11) is 1.89. The van der Waals surface area contributed by atoms with Gasteiger partial charge in [0.25, 0.3) is 0 Å². The number of benzene rings is 1. The quantitative estimate of drug-likeness (QED) is 0.824. The maximum Gasteiger partial charge on any atom is 0.145 e. The molecule has 15 heavy (non-hydrogen) atoms. The van der Waals surface area contributed by atoms with Gasteiger partial charge in [0.15, 0.2) is 0 Å². The SMILES string of the molecule is Cc1cccc(NCc2ncnn2C)c1. The molecule has 0 atom stereocenters. The Labute approximate surface area is 89.0 Å². The molecule has 0 saturated carbocycles. The Bertz CT molecular complexity index is 447. The molecule has 0 unspecified atom stereocenters. The summed E-state index contributed by atoms with van der Waals surface area (Å²) in [4.78, 5) is 4.14. The van der Waals surface area contributed by atoms with E-state index >= 15 is 0 Å². The van der Waals surface area contributed by atoms with E-state index in [0.29, 0.717) is 6.54 Å². The largest absolute Gasteiger partial charge is 0.378 e. The van der Waals surface area contributed by atoms with Crippen LogP contribution >= 0.6 is 0 Å². The van der Waals surface area contributed by atoms with Crippen LogP contribution in [0.2, 0.25) is 0 Å². The van der Waals surface area contributed by atoms with E-state index in [2.05, 4.69) is 34.5 Å². The molecule has 4 nitrogen and oxygen atoms in total. The fourth-order valence-electron chi connectivity index (χ4n) is 1.42. The smallest absolute Gasteiger partial charge is 0.145 e. The number of hydrogen-bond acceptors (Lipinski definition) is 3. The van der Waals surface area contributed by atoms with Crippen molar-refractivity contribution in [3.05, 3.63) is 42.0 Å². The molecule has 1 aromatic heterocycles. The van der Waals surface area contributed by atoms with Crippen molar-refractivity contribution in [1.82, 2.24) is 14.8 Å². The van der Waals surface area contributed by atoms with E-state index in [9.17, 15) is 0 Å². The molecule has 78 valence electrons. The molecule has 1 heterocycles. The monoisotopic (exact) mass is 202 g/mol. The second-order valence-electron chi connectivity index (χ2n) is 3.52. The Balaban J connectivity index is 2.02. The van der Waals surface area contributed by atoms with Gasteiger partial charge in [0.2, 0.25) is 0 Å². The van der Waals surface area contributed by atoms with E-state index in [1.54, 1.807) is 11.0 Å². The van der Waals surface area contributed by atoms with Crippen LogP contribution in [0.5, 0.6) is 0 Å². The van der Waals surface area contributed by atoms with E-state index in [1.165, 1.54) is 5.56 Å². The Kier molecular flexibility index (Phi) is 2.67. The van der Waals surface area contributed by atoms with E-state index in [4.69, 9.17) is 0 Å². The van der Waals surface area contributed by atoms with Gasteiger partial charge in [-0.15, -0.1) is 0 Å². The van der Waals surface area contributed by atoms with E-state index < -0.39 is 0 Å². The van der Waals surface area contributed by atoms with Crippen molar-refractivity contribution in [2.75, 3.05) is 5.32 Å². The highest BCUT2D eigenvalue weighted by Gasteiger charge is 1.99. The number of rotatable bonds is 3. The molecule has 0 saturated heterocycles. The highest BCUT2D eigenvalue weighted by molar-refractivity contribution is 5.45. The summed E-state index contributed by atoms with van der Waals surface area (Å²) in [6.07, 6.45) is 1.56. The van der Waals surface area contributed by atoms with Gasteiger partial charge in [-0.05, 0) is 24.6 Å². The molecular weight excluding hydrogens is 188 g/mol. The summed E-state index contributed by atoms with van der Waals surface area (Å²) in [6.45, 7) is 2.77. The van der Waals surface area contributed by atoms with Crippen molar-refractivity contribution in [3.63, 3.8) is 0 Å². The van der Waals surface area contributed by atoms with Crippen molar-refractivity contribution in [2.45, 2.75) is 13.5 Å². The minimum atomic E-state index is 0.694. The number of aromatic nitrogens is 3. The molecule has 0 aliphatic carbocycles. The van der Waals surface area contributed by atoms with Gasteiger partial charge in [0, 0.05) is 12.7 Å². The fraction of sp³-hybridized carbons (Fsp3) is 0.273. The van der Waals surface area contributed by atoms with Crippen LogP contribution in [0.3, 0.4) is 0 Å². The molecule has 0 radical (unpaired) electrons. The Morgan fingerprint density at radius 1 is 1.40 bits per heavy atom. The molecular formula is C11H14N4. The average molecular weight is 202 g/mol. The minimum absolute atomic E-state index is 0.694. The standard InChI is InChI=1S/C11H14N4/c1-9-4-3-5-10(6-9)12-7-11-13-8-14-15(11)2/h3-6,8,12H,7H2,1-2H3. The molecule has 0 fully saturated rings. The fourth-order valence-corrected chi connectivity index (χ4v) is 1.42. The summed E-state index contributed by atoms with van der Waals surface area (Å²) < 4.78 is 1.77. The van der Waals surface area contributed by atoms with Gasteiger partial charge >= 0.3 is 0 Å². The predicted octanol–water partition coefficient (Wildman–Crippen LogP) is 1.74. The first-order chi connectivity index (χ1) is 7.25. The molecule has 0 aliphatic heterocycles. The van der Waals surface area contributed by atoms with Crippen LogP contribution in [0.1, 0.15) is 11.4 Å². The zero-order valence-electron chi connectivity index (χ0n) is 8.94. The summed E-state index contributed by atoms with van der Waals surface area (Å²) in [6, 6.07) is 8.27. The maximum absolute atomic E-state index is 4.14. The van der Waals surface area contributed by atoms with Crippen LogP contribution in [0.4, 0.5) is 5.69 Å². The first kappa shape index (κ1) is 9.71. The van der Waals surface area contributed by atoms with Crippen LogP contribution in [0.25, 0.3) is 0 Å². The molecule has 2 aromatic rings. The van der Waals surface area contributed by atoms with Crippen molar-refractivity contribution in [3.8, 4) is 0 Å². The van der Waals surface area contributed by atoms with Gasteiger partial charge in [-0.2, -0.15) is 5.10 Å². The lowest BCUT2D eigenvalue weighted by Crippen LogP contribution is -2.06. The van der Waals surface area contributed by atoms with Crippen molar-refractivity contribution in [1.29, 1.82) is 0 Å². The highest BCUT2D eigenvalue weighted by atomic mass is 15.3. The van der Waals surface area contributed by atoms with Crippen molar-refractivity contribution < 1.29 is 0 Å². The van der Waals surface area contributed by atoms with E-state index in [1.807, 2.05) is 19.2 Å². The van der Waals surface area contributed by atoms with Gasteiger partial charge in [0.05, 0.1) is 6.54 Å². The molecule has 2 rings (SSSR count). The zero-order chi connectivity index (χ0) is 10.7. The average Bonchev–Trinajstić information content (AvgIpc) is 2.61. The number of nitrogens with zero attached hydrogens (tertiary/aromatic N) is 3. The molecule has 1 aromatic carbocycles. The summed E-state index contributed by atoms with van der Waals surface area (Å²) in [5, 5.41) is 7.32. The third-order valence-electron chi connectivity index (χ3n) is 2.27. The zero-order valence-corrected chi connectivity index (χ0v) is 8.94. The van der Waals surface area contributed by atoms with Gasteiger partial charge in [-0.1, -0.05) is 12.1 Å². The molecule has 0 amide bonds. The lowest BCUT2D eigenvalue weighted by Gasteiger charge is -2.06. The number of hydrogen-bond donors (Lipinski definition) is 1. The maximum atomic E-state index is 4.14. The third kappa shape index (κ3) is 2.34. The summed E-state index contributed by atoms with van der Waals surface area (Å²) in [5.74, 6) is 0.927. The topological polar surface area (TPSA) is 42.7 Å². The van der Waals surface area contributed by atoms with Gasteiger partial charge < -0.3 is 5.32 Å². The lowest BCUT2D eigenvalue weighted by atomic mass is 10.2. The predicted molar refractivity (Wildman–Crippen MR) is 59.5 cm³/mol. The first-order valence-corrected chi connectivity index (χ1v) is 4.89. The van der Waals surface area contributed by atoms with Crippen LogP contribution in [0.15, 0.2) is 30.6 Å². The summed E-state index contributed by atoms with van der Waals surface area (Å²) in [5.41, 5.74) is 2.36. The van der Waals surface area contributed by atoms with Gasteiger partial charge in [0.1, 0.15) is 12.2 Å². The lowest BCUT2D eigenvalue weighted by molar-refractivity contribution is 0.712. The van der Waals surface area contributed by atoms with E-state index in [-0.39, 0.29) is 0 Å². The second kappa shape index (κ2) is 4.13. The van der Waals surface area contributed by atoms with Gasteiger partial charge in [-0.3, -0.25) is 4.68 Å². The number of nitrogens with one attached hydrogen (secondary N) is 1. The molecule has 4 heteroatoms. The molecule has 0 bridgehead atoms.